The molecule has 0 atom stereocenters. The smallest absolute Gasteiger partial charge is 0.338 e. The lowest BCUT2D eigenvalue weighted by atomic mass is 10.2. The van der Waals surface area contributed by atoms with Crippen LogP contribution in [0.1, 0.15) is 10.4 Å². The topological polar surface area (TPSA) is 104 Å². The molecular weight excluding hydrogens is 342 g/mol. The van der Waals surface area contributed by atoms with Crippen LogP contribution < -0.4 is 15.8 Å². The highest BCUT2D eigenvalue weighted by Gasteiger charge is 2.12. The number of hydrogen-bond acceptors (Lipinski definition) is 7. The number of benzene rings is 2. The van der Waals surface area contributed by atoms with E-state index in [4.69, 9.17) is 15.2 Å². The van der Waals surface area contributed by atoms with Crippen LogP contribution in [0.25, 0.3) is 10.2 Å². The summed E-state index contributed by atoms with van der Waals surface area (Å²) in [5.41, 5.74) is 7.10. The van der Waals surface area contributed by atoms with E-state index >= 15 is 0 Å². The number of carbonyl (C=O) groups is 2. The number of amides is 1. The van der Waals surface area contributed by atoms with Crippen LogP contribution in [0.15, 0.2) is 42.5 Å². The normalized spacial score (nSPS) is 10.4. The van der Waals surface area contributed by atoms with Gasteiger partial charge < -0.3 is 15.2 Å². The van der Waals surface area contributed by atoms with Gasteiger partial charge in [0.2, 0.25) is 0 Å². The Labute approximate surface area is 147 Å². The quantitative estimate of drug-likeness (QED) is 0.537. The van der Waals surface area contributed by atoms with Crippen molar-refractivity contribution in [2.75, 3.05) is 24.8 Å². The Balaban J connectivity index is 1.60. The highest BCUT2D eigenvalue weighted by molar-refractivity contribution is 7.22. The van der Waals surface area contributed by atoms with Gasteiger partial charge in [-0.15, -0.1) is 0 Å². The van der Waals surface area contributed by atoms with Gasteiger partial charge in [-0.1, -0.05) is 17.4 Å². The molecule has 1 amide bonds. The number of carbonyl (C=O) groups excluding carboxylic acids is 2. The molecular formula is C17H15N3O4S. The monoisotopic (exact) mass is 357 g/mol. The van der Waals surface area contributed by atoms with E-state index in [1.165, 1.54) is 17.4 Å². The zero-order valence-electron chi connectivity index (χ0n) is 13.3. The van der Waals surface area contributed by atoms with Gasteiger partial charge in [0.1, 0.15) is 5.75 Å². The molecule has 25 heavy (non-hydrogen) atoms. The minimum absolute atomic E-state index is 0.292. The summed E-state index contributed by atoms with van der Waals surface area (Å²) >= 11 is 1.31. The number of nitrogens with two attached hydrogens (primary N) is 1. The van der Waals surface area contributed by atoms with Crippen molar-refractivity contribution in [2.24, 2.45) is 0 Å². The van der Waals surface area contributed by atoms with Crippen molar-refractivity contribution in [1.29, 1.82) is 0 Å². The van der Waals surface area contributed by atoms with Gasteiger partial charge in [0.05, 0.1) is 22.9 Å². The number of rotatable bonds is 5. The van der Waals surface area contributed by atoms with Crippen molar-refractivity contribution in [2.45, 2.75) is 0 Å². The van der Waals surface area contributed by atoms with Gasteiger partial charge in [-0.25, -0.2) is 9.78 Å². The number of aromatic nitrogens is 1. The number of nitrogen functional groups attached to an aromatic ring is 1. The molecule has 0 aliphatic rings. The van der Waals surface area contributed by atoms with Crippen LogP contribution in [0.5, 0.6) is 5.75 Å². The third-order valence-corrected chi connectivity index (χ3v) is 4.23. The summed E-state index contributed by atoms with van der Waals surface area (Å²) in [6, 6.07) is 11.8. The van der Waals surface area contributed by atoms with E-state index in [0.717, 1.165) is 10.2 Å². The molecule has 0 aliphatic heterocycles. The van der Waals surface area contributed by atoms with Crippen LogP contribution in [-0.2, 0) is 9.53 Å². The Hall–Kier alpha value is -3.13. The second-order valence-corrected chi connectivity index (χ2v) is 6.13. The number of thiazole rings is 1. The minimum Gasteiger partial charge on any atom is -0.497 e. The molecule has 0 aliphatic carbocycles. The first-order valence-electron chi connectivity index (χ1n) is 7.32. The van der Waals surface area contributed by atoms with Crippen LogP contribution >= 0.6 is 11.3 Å². The fourth-order valence-corrected chi connectivity index (χ4v) is 3.03. The molecule has 128 valence electrons. The average molecular weight is 357 g/mol. The maximum absolute atomic E-state index is 11.9. The molecule has 7 nitrogen and oxygen atoms in total. The Morgan fingerprint density at radius 1 is 1.24 bits per heavy atom. The lowest BCUT2D eigenvalue weighted by Gasteiger charge is -2.05. The second kappa shape index (κ2) is 7.18. The molecule has 0 bridgehead atoms. The zero-order chi connectivity index (χ0) is 17.8. The molecule has 3 aromatic rings. The number of methoxy groups -OCH3 is 1. The number of nitrogens with zero attached hydrogens (tertiary/aromatic N) is 1. The molecule has 0 saturated heterocycles. The Morgan fingerprint density at radius 2 is 2.08 bits per heavy atom. The maximum atomic E-state index is 11.9. The molecule has 2 aromatic carbocycles. The number of hydrogen-bond donors (Lipinski definition) is 2. The van der Waals surface area contributed by atoms with Gasteiger partial charge in [0, 0.05) is 5.69 Å². The van der Waals surface area contributed by atoms with Crippen LogP contribution in [-0.4, -0.2) is 30.6 Å². The number of fused-ring (bicyclic) bond motifs is 1. The molecule has 0 spiro atoms. The zero-order valence-corrected chi connectivity index (χ0v) is 14.1. The van der Waals surface area contributed by atoms with E-state index < -0.39 is 18.5 Å². The van der Waals surface area contributed by atoms with Crippen molar-refractivity contribution in [3.05, 3.63) is 48.0 Å². The molecule has 1 heterocycles. The molecule has 3 N–H and O–H groups in total. The van der Waals surface area contributed by atoms with Crippen LogP contribution in [0, 0.1) is 0 Å². The summed E-state index contributed by atoms with van der Waals surface area (Å²) < 4.78 is 11.0. The highest BCUT2D eigenvalue weighted by Crippen LogP contribution is 2.29. The molecule has 0 unspecified atom stereocenters. The fourth-order valence-electron chi connectivity index (χ4n) is 2.12. The fraction of sp³-hybridized carbons (Fsp3) is 0.118. The Morgan fingerprint density at radius 3 is 2.84 bits per heavy atom. The van der Waals surface area contributed by atoms with Crippen molar-refractivity contribution in [1.82, 2.24) is 4.98 Å². The van der Waals surface area contributed by atoms with E-state index in [9.17, 15) is 9.59 Å². The van der Waals surface area contributed by atoms with Gasteiger partial charge in [0.15, 0.2) is 11.7 Å². The lowest BCUT2D eigenvalue weighted by Crippen LogP contribution is -2.20. The van der Waals surface area contributed by atoms with E-state index in [0.29, 0.717) is 22.1 Å². The van der Waals surface area contributed by atoms with Gasteiger partial charge in [0.25, 0.3) is 5.91 Å². The van der Waals surface area contributed by atoms with Crippen LogP contribution in [0.2, 0.25) is 0 Å². The second-order valence-electron chi connectivity index (χ2n) is 5.10. The Bertz CT molecular complexity index is 939. The van der Waals surface area contributed by atoms with Gasteiger partial charge in [-0.2, -0.15) is 0 Å². The summed E-state index contributed by atoms with van der Waals surface area (Å²) in [7, 11) is 1.58. The largest absolute Gasteiger partial charge is 0.497 e. The standard InChI is InChI=1S/C17H15N3O4S/c1-23-12-5-6-13-14(8-12)25-17(19-13)20-15(21)9-24-16(22)10-3-2-4-11(18)7-10/h2-8H,9,18H2,1H3,(H,19,20,21). The van der Waals surface area contributed by atoms with Crippen molar-refractivity contribution in [3.8, 4) is 5.75 Å². The number of esters is 1. The summed E-state index contributed by atoms with van der Waals surface area (Å²) in [5, 5.41) is 3.04. The number of ether oxygens (including phenoxy) is 2. The summed E-state index contributed by atoms with van der Waals surface area (Å²) in [6.45, 7) is -0.410. The Kier molecular flexibility index (Phi) is 4.80. The number of nitrogens with one attached hydrogen (secondary N) is 1. The van der Waals surface area contributed by atoms with Crippen LogP contribution in [0.4, 0.5) is 10.8 Å². The van der Waals surface area contributed by atoms with Gasteiger partial charge in [-0.05, 0) is 36.4 Å². The highest BCUT2D eigenvalue weighted by atomic mass is 32.1. The summed E-state index contributed by atoms with van der Waals surface area (Å²) in [6.07, 6.45) is 0. The first-order valence-corrected chi connectivity index (χ1v) is 8.14. The maximum Gasteiger partial charge on any atom is 0.338 e. The number of anilines is 2. The van der Waals surface area contributed by atoms with Crippen molar-refractivity contribution >= 4 is 44.2 Å². The van der Waals surface area contributed by atoms with Gasteiger partial charge >= 0.3 is 5.97 Å². The molecule has 0 fully saturated rings. The van der Waals surface area contributed by atoms with Crippen molar-refractivity contribution < 1.29 is 19.1 Å². The third-order valence-electron chi connectivity index (χ3n) is 3.30. The molecule has 1 aromatic heterocycles. The first kappa shape index (κ1) is 16.7. The van der Waals surface area contributed by atoms with E-state index in [1.807, 2.05) is 6.07 Å². The van der Waals surface area contributed by atoms with Gasteiger partial charge in [-0.3, -0.25) is 10.1 Å². The van der Waals surface area contributed by atoms with E-state index in [-0.39, 0.29) is 0 Å². The predicted molar refractivity (Wildman–Crippen MR) is 95.9 cm³/mol. The van der Waals surface area contributed by atoms with Crippen LogP contribution in [0.3, 0.4) is 0 Å². The average Bonchev–Trinajstić information content (AvgIpc) is 3.00. The molecule has 0 radical (unpaired) electrons. The lowest BCUT2D eigenvalue weighted by molar-refractivity contribution is -0.119. The molecule has 3 rings (SSSR count). The summed E-state index contributed by atoms with van der Waals surface area (Å²) in [5.74, 6) is -0.371. The van der Waals surface area contributed by atoms with E-state index in [2.05, 4.69) is 10.3 Å². The third kappa shape index (κ3) is 4.04. The first-order chi connectivity index (χ1) is 12.0. The van der Waals surface area contributed by atoms with E-state index in [1.54, 1.807) is 37.4 Å². The van der Waals surface area contributed by atoms with Crippen molar-refractivity contribution in [3.63, 3.8) is 0 Å². The predicted octanol–water partition coefficient (Wildman–Crippen LogP) is 2.68. The SMILES string of the molecule is COc1ccc2nc(NC(=O)COC(=O)c3cccc(N)c3)sc2c1. The minimum atomic E-state index is -0.614. The molecule has 8 heteroatoms. The molecule has 0 saturated carbocycles. The summed E-state index contributed by atoms with van der Waals surface area (Å²) in [4.78, 5) is 28.1.